The van der Waals surface area contributed by atoms with Crippen molar-refractivity contribution in [2.45, 2.75) is 32.2 Å². The van der Waals surface area contributed by atoms with Crippen LogP contribution in [0.15, 0.2) is 18.3 Å². The first-order valence-electron chi connectivity index (χ1n) is 6.51. The zero-order chi connectivity index (χ0) is 12.8. The zero-order valence-electron chi connectivity index (χ0n) is 10.7. The van der Waals surface area contributed by atoms with Crippen LogP contribution in [0, 0.1) is 0 Å². The molecule has 0 bridgehead atoms. The van der Waals surface area contributed by atoms with E-state index in [0.29, 0.717) is 19.0 Å². The third-order valence-corrected chi connectivity index (χ3v) is 2.95. The number of pyridine rings is 1. The van der Waals surface area contributed by atoms with Gasteiger partial charge in [-0.25, -0.2) is 4.98 Å². The summed E-state index contributed by atoms with van der Waals surface area (Å²) in [7, 11) is 0. The summed E-state index contributed by atoms with van der Waals surface area (Å²) < 4.78 is 0. The molecule has 5 nitrogen and oxygen atoms in total. The SMILES string of the molecule is CCCNc1cc(NC2CCC(=O)NC2)ccn1. The lowest BCUT2D eigenvalue weighted by atomic mass is 10.1. The highest BCUT2D eigenvalue weighted by Crippen LogP contribution is 2.15. The summed E-state index contributed by atoms with van der Waals surface area (Å²) in [6, 6.07) is 4.27. The molecule has 3 N–H and O–H groups in total. The molecular weight excluding hydrogens is 228 g/mol. The van der Waals surface area contributed by atoms with Crippen molar-refractivity contribution in [3.05, 3.63) is 18.3 Å². The van der Waals surface area contributed by atoms with Crippen LogP contribution in [0.4, 0.5) is 11.5 Å². The van der Waals surface area contributed by atoms with Crippen LogP contribution in [0.5, 0.6) is 0 Å². The Morgan fingerprint density at radius 2 is 2.44 bits per heavy atom. The fourth-order valence-corrected chi connectivity index (χ4v) is 1.96. The second kappa shape index (κ2) is 6.23. The lowest BCUT2D eigenvalue weighted by molar-refractivity contribution is -0.122. The zero-order valence-corrected chi connectivity index (χ0v) is 10.7. The van der Waals surface area contributed by atoms with Crippen molar-refractivity contribution in [3.8, 4) is 0 Å². The number of nitrogens with one attached hydrogen (secondary N) is 3. The Bertz CT molecular complexity index is 398. The highest BCUT2D eigenvalue weighted by molar-refractivity contribution is 5.77. The second-order valence-electron chi connectivity index (χ2n) is 4.54. The molecule has 18 heavy (non-hydrogen) atoms. The van der Waals surface area contributed by atoms with Gasteiger partial charge in [-0.3, -0.25) is 4.79 Å². The van der Waals surface area contributed by atoms with Gasteiger partial charge in [-0.1, -0.05) is 6.92 Å². The molecule has 2 heterocycles. The normalized spacial score (nSPS) is 19.2. The largest absolute Gasteiger partial charge is 0.380 e. The summed E-state index contributed by atoms with van der Waals surface area (Å²) in [6.07, 6.45) is 4.35. The number of rotatable bonds is 5. The number of carbonyl (C=O) groups excluding carboxylic acids is 1. The third-order valence-electron chi connectivity index (χ3n) is 2.95. The molecule has 1 amide bonds. The molecule has 0 radical (unpaired) electrons. The van der Waals surface area contributed by atoms with Crippen molar-refractivity contribution < 1.29 is 4.79 Å². The van der Waals surface area contributed by atoms with Crippen molar-refractivity contribution in [2.75, 3.05) is 23.7 Å². The molecule has 0 spiro atoms. The number of hydrogen-bond acceptors (Lipinski definition) is 4. The van der Waals surface area contributed by atoms with E-state index in [9.17, 15) is 4.79 Å². The van der Waals surface area contributed by atoms with Gasteiger partial charge in [0.25, 0.3) is 0 Å². The summed E-state index contributed by atoms with van der Waals surface area (Å²) in [4.78, 5) is 15.3. The van der Waals surface area contributed by atoms with Crippen molar-refractivity contribution in [1.29, 1.82) is 0 Å². The van der Waals surface area contributed by atoms with E-state index in [1.165, 1.54) is 0 Å². The number of aromatic nitrogens is 1. The van der Waals surface area contributed by atoms with Gasteiger partial charge in [-0.05, 0) is 18.9 Å². The Labute approximate surface area is 107 Å². The molecule has 2 rings (SSSR count). The Kier molecular flexibility index (Phi) is 4.39. The predicted octanol–water partition coefficient (Wildman–Crippen LogP) is 1.59. The molecule has 0 aliphatic carbocycles. The monoisotopic (exact) mass is 248 g/mol. The topological polar surface area (TPSA) is 66.0 Å². The smallest absolute Gasteiger partial charge is 0.220 e. The minimum atomic E-state index is 0.146. The average molecular weight is 248 g/mol. The first kappa shape index (κ1) is 12.7. The summed E-state index contributed by atoms with van der Waals surface area (Å²) in [5.41, 5.74) is 1.05. The fraction of sp³-hybridized carbons (Fsp3) is 0.538. The summed E-state index contributed by atoms with van der Waals surface area (Å²) in [5, 5.41) is 9.55. The second-order valence-corrected chi connectivity index (χ2v) is 4.54. The van der Waals surface area contributed by atoms with Gasteiger partial charge in [0, 0.05) is 43.5 Å². The number of hydrogen-bond donors (Lipinski definition) is 3. The average Bonchev–Trinajstić information content (AvgIpc) is 2.40. The molecule has 0 aromatic carbocycles. The van der Waals surface area contributed by atoms with E-state index < -0.39 is 0 Å². The minimum absolute atomic E-state index is 0.146. The van der Waals surface area contributed by atoms with Crippen LogP contribution in [-0.2, 0) is 4.79 Å². The number of anilines is 2. The first-order chi connectivity index (χ1) is 8.78. The van der Waals surface area contributed by atoms with E-state index in [2.05, 4.69) is 27.9 Å². The van der Waals surface area contributed by atoms with Gasteiger partial charge in [0.1, 0.15) is 5.82 Å². The molecule has 1 aromatic rings. The maximum absolute atomic E-state index is 11.1. The van der Waals surface area contributed by atoms with E-state index in [0.717, 1.165) is 30.9 Å². The summed E-state index contributed by atoms with van der Waals surface area (Å²) in [5.74, 6) is 1.04. The van der Waals surface area contributed by atoms with Crippen LogP contribution in [0.25, 0.3) is 0 Å². The van der Waals surface area contributed by atoms with Gasteiger partial charge >= 0.3 is 0 Å². The predicted molar refractivity (Wildman–Crippen MR) is 72.7 cm³/mol. The summed E-state index contributed by atoms with van der Waals surface area (Å²) in [6.45, 7) is 3.74. The van der Waals surface area contributed by atoms with Crippen LogP contribution < -0.4 is 16.0 Å². The first-order valence-corrected chi connectivity index (χ1v) is 6.51. The molecule has 1 aliphatic rings. The van der Waals surface area contributed by atoms with E-state index in [4.69, 9.17) is 0 Å². The Balaban J connectivity index is 1.90. The van der Waals surface area contributed by atoms with E-state index in [-0.39, 0.29) is 5.91 Å². The molecule has 1 fully saturated rings. The van der Waals surface area contributed by atoms with Crippen molar-refractivity contribution in [3.63, 3.8) is 0 Å². The number of carbonyl (C=O) groups is 1. The quantitative estimate of drug-likeness (QED) is 0.740. The highest BCUT2D eigenvalue weighted by Gasteiger charge is 2.17. The van der Waals surface area contributed by atoms with Gasteiger partial charge in [0.15, 0.2) is 0 Å². The van der Waals surface area contributed by atoms with Crippen molar-refractivity contribution >= 4 is 17.4 Å². The lowest BCUT2D eigenvalue weighted by Crippen LogP contribution is -2.41. The van der Waals surface area contributed by atoms with Crippen LogP contribution in [-0.4, -0.2) is 30.0 Å². The van der Waals surface area contributed by atoms with Crippen LogP contribution >= 0.6 is 0 Å². The molecule has 1 atom stereocenters. The van der Waals surface area contributed by atoms with Crippen LogP contribution in [0.2, 0.25) is 0 Å². The van der Waals surface area contributed by atoms with Crippen molar-refractivity contribution in [1.82, 2.24) is 10.3 Å². The molecule has 0 saturated carbocycles. The van der Waals surface area contributed by atoms with Gasteiger partial charge in [-0.15, -0.1) is 0 Å². The van der Waals surface area contributed by atoms with Gasteiger partial charge in [0.05, 0.1) is 0 Å². The van der Waals surface area contributed by atoms with E-state index >= 15 is 0 Å². The molecule has 98 valence electrons. The maximum Gasteiger partial charge on any atom is 0.220 e. The number of piperidine rings is 1. The molecule has 1 unspecified atom stereocenters. The van der Waals surface area contributed by atoms with Gasteiger partial charge in [-0.2, -0.15) is 0 Å². The minimum Gasteiger partial charge on any atom is -0.380 e. The Hall–Kier alpha value is -1.78. The molecule has 5 heteroatoms. The molecule has 1 saturated heterocycles. The Morgan fingerprint density at radius 3 is 3.17 bits per heavy atom. The highest BCUT2D eigenvalue weighted by atomic mass is 16.1. The van der Waals surface area contributed by atoms with Crippen LogP contribution in [0.1, 0.15) is 26.2 Å². The number of nitrogens with zero attached hydrogens (tertiary/aromatic N) is 1. The Morgan fingerprint density at radius 1 is 1.56 bits per heavy atom. The van der Waals surface area contributed by atoms with Gasteiger partial charge < -0.3 is 16.0 Å². The third kappa shape index (κ3) is 3.61. The molecule has 1 aliphatic heterocycles. The van der Waals surface area contributed by atoms with E-state index in [1.807, 2.05) is 12.1 Å². The fourth-order valence-electron chi connectivity index (χ4n) is 1.96. The molecule has 1 aromatic heterocycles. The summed E-state index contributed by atoms with van der Waals surface area (Å²) >= 11 is 0. The standard InChI is InChI=1S/C13H20N4O/c1-2-6-14-12-8-10(5-7-15-12)17-11-3-4-13(18)16-9-11/h5,7-8,11H,2-4,6,9H2,1H3,(H,16,18)(H2,14,15,17). The maximum atomic E-state index is 11.1. The van der Waals surface area contributed by atoms with E-state index in [1.54, 1.807) is 6.20 Å². The van der Waals surface area contributed by atoms with Crippen molar-refractivity contribution in [2.24, 2.45) is 0 Å². The number of amides is 1. The van der Waals surface area contributed by atoms with Gasteiger partial charge in [0.2, 0.25) is 5.91 Å². The lowest BCUT2D eigenvalue weighted by Gasteiger charge is -2.24. The van der Waals surface area contributed by atoms with Crippen LogP contribution in [0.3, 0.4) is 0 Å². The molecular formula is C13H20N4O.